The zero-order valence-corrected chi connectivity index (χ0v) is 12.3. The van der Waals surface area contributed by atoms with Gasteiger partial charge in [0.25, 0.3) is 0 Å². The first kappa shape index (κ1) is 13.6. The summed E-state index contributed by atoms with van der Waals surface area (Å²) >= 11 is 0. The van der Waals surface area contributed by atoms with Gasteiger partial charge in [0.15, 0.2) is 0 Å². The smallest absolute Gasteiger partial charge is 0.137 e. The molecule has 2 N–H and O–H groups in total. The van der Waals surface area contributed by atoms with E-state index in [1.54, 1.807) is 13.3 Å². The first-order valence-electron chi connectivity index (χ1n) is 7.06. The monoisotopic (exact) mass is 281 g/mol. The Bertz CT molecular complexity index is 718. The molecule has 0 amide bonds. The van der Waals surface area contributed by atoms with Crippen molar-refractivity contribution in [1.29, 1.82) is 0 Å². The molecule has 0 saturated heterocycles. The number of hydrogen-bond donors (Lipinski definition) is 2. The van der Waals surface area contributed by atoms with Crippen molar-refractivity contribution in [2.24, 2.45) is 0 Å². The molecule has 3 rings (SSSR count). The Hall–Kier alpha value is -2.33. The fraction of sp³-hybridized carbons (Fsp3) is 0.235. The van der Waals surface area contributed by atoms with Crippen LogP contribution in [0, 0.1) is 0 Å². The Labute approximate surface area is 124 Å². The van der Waals surface area contributed by atoms with Gasteiger partial charge in [-0.15, -0.1) is 0 Å². The van der Waals surface area contributed by atoms with Gasteiger partial charge in [-0.2, -0.15) is 0 Å². The molecule has 2 heterocycles. The topological polar surface area (TPSA) is 49.9 Å². The van der Waals surface area contributed by atoms with E-state index in [0.29, 0.717) is 0 Å². The summed E-state index contributed by atoms with van der Waals surface area (Å²) in [6.07, 6.45) is 3.82. The Morgan fingerprint density at radius 3 is 2.81 bits per heavy atom. The normalized spacial score (nSPS) is 12.5. The minimum absolute atomic E-state index is 0.275. The largest absolute Gasteiger partial charge is 0.497 e. The van der Waals surface area contributed by atoms with Crippen molar-refractivity contribution in [2.75, 3.05) is 7.11 Å². The third-order valence-electron chi connectivity index (χ3n) is 3.75. The Morgan fingerprint density at radius 2 is 2.05 bits per heavy atom. The standard InChI is InChI=1S/C17H19N3O/c1-12(13-5-7-15(21-2)8-6-13)19-10-14-11-20-17-16(14)4-3-9-18-17/h3-9,11-12,19H,10H2,1-2H3,(H,18,20)/t12-/m0/s1. The van der Waals surface area contributed by atoms with Gasteiger partial charge in [0.05, 0.1) is 7.11 Å². The summed E-state index contributed by atoms with van der Waals surface area (Å²) in [6.45, 7) is 2.97. The molecular weight excluding hydrogens is 262 g/mol. The molecule has 1 aromatic carbocycles. The highest BCUT2D eigenvalue weighted by Crippen LogP contribution is 2.19. The number of benzene rings is 1. The summed E-state index contributed by atoms with van der Waals surface area (Å²) in [4.78, 5) is 7.51. The lowest BCUT2D eigenvalue weighted by molar-refractivity contribution is 0.414. The number of fused-ring (bicyclic) bond motifs is 1. The van der Waals surface area contributed by atoms with E-state index in [1.807, 2.05) is 24.4 Å². The predicted molar refractivity (Wildman–Crippen MR) is 84.3 cm³/mol. The molecule has 0 aliphatic rings. The number of H-pyrrole nitrogens is 1. The maximum absolute atomic E-state index is 5.18. The van der Waals surface area contributed by atoms with Crippen molar-refractivity contribution in [1.82, 2.24) is 15.3 Å². The van der Waals surface area contributed by atoms with E-state index in [9.17, 15) is 0 Å². The highest BCUT2D eigenvalue weighted by molar-refractivity contribution is 5.79. The first-order valence-corrected chi connectivity index (χ1v) is 7.06. The van der Waals surface area contributed by atoms with E-state index in [1.165, 1.54) is 16.5 Å². The average molecular weight is 281 g/mol. The van der Waals surface area contributed by atoms with Gasteiger partial charge in [0, 0.05) is 30.4 Å². The van der Waals surface area contributed by atoms with E-state index in [0.717, 1.165) is 17.9 Å². The van der Waals surface area contributed by atoms with Crippen molar-refractivity contribution in [3.63, 3.8) is 0 Å². The van der Waals surface area contributed by atoms with Crippen LogP contribution < -0.4 is 10.1 Å². The van der Waals surface area contributed by atoms with Gasteiger partial charge in [-0.1, -0.05) is 12.1 Å². The van der Waals surface area contributed by atoms with Gasteiger partial charge in [-0.25, -0.2) is 4.98 Å². The van der Waals surface area contributed by atoms with Crippen LogP contribution in [-0.4, -0.2) is 17.1 Å². The van der Waals surface area contributed by atoms with Gasteiger partial charge < -0.3 is 15.0 Å². The zero-order valence-electron chi connectivity index (χ0n) is 12.3. The molecule has 0 radical (unpaired) electrons. The Morgan fingerprint density at radius 1 is 1.24 bits per heavy atom. The van der Waals surface area contributed by atoms with Crippen LogP contribution in [0.15, 0.2) is 48.8 Å². The third kappa shape index (κ3) is 2.90. The van der Waals surface area contributed by atoms with Gasteiger partial charge >= 0.3 is 0 Å². The number of aromatic amines is 1. The molecule has 0 spiro atoms. The molecule has 0 saturated carbocycles. The van der Waals surface area contributed by atoms with Crippen LogP contribution in [0.2, 0.25) is 0 Å². The van der Waals surface area contributed by atoms with Crippen LogP contribution in [0.3, 0.4) is 0 Å². The first-order chi connectivity index (χ1) is 10.3. The maximum atomic E-state index is 5.18. The van der Waals surface area contributed by atoms with E-state index in [-0.39, 0.29) is 6.04 Å². The summed E-state index contributed by atoms with van der Waals surface area (Å²) in [5.74, 6) is 0.883. The van der Waals surface area contributed by atoms with Crippen LogP contribution in [0.4, 0.5) is 0 Å². The minimum Gasteiger partial charge on any atom is -0.497 e. The van der Waals surface area contributed by atoms with Crippen LogP contribution in [0.5, 0.6) is 5.75 Å². The van der Waals surface area contributed by atoms with E-state index < -0.39 is 0 Å². The van der Waals surface area contributed by atoms with Crippen molar-refractivity contribution < 1.29 is 4.74 Å². The second kappa shape index (κ2) is 5.97. The number of nitrogens with one attached hydrogen (secondary N) is 2. The van der Waals surface area contributed by atoms with Crippen LogP contribution in [-0.2, 0) is 6.54 Å². The van der Waals surface area contributed by atoms with E-state index in [4.69, 9.17) is 4.74 Å². The number of aromatic nitrogens is 2. The van der Waals surface area contributed by atoms with Crippen LogP contribution in [0.1, 0.15) is 24.1 Å². The summed E-state index contributed by atoms with van der Waals surface area (Å²) in [5.41, 5.74) is 3.42. The molecule has 4 nitrogen and oxygen atoms in total. The van der Waals surface area contributed by atoms with Crippen LogP contribution >= 0.6 is 0 Å². The van der Waals surface area contributed by atoms with Crippen molar-refractivity contribution in [3.8, 4) is 5.75 Å². The summed E-state index contributed by atoms with van der Waals surface area (Å²) < 4.78 is 5.18. The van der Waals surface area contributed by atoms with Crippen molar-refractivity contribution >= 4 is 11.0 Å². The Balaban J connectivity index is 1.68. The number of hydrogen-bond acceptors (Lipinski definition) is 3. The number of nitrogens with zero attached hydrogens (tertiary/aromatic N) is 1. The van der Waals surface area contributed by atoms with Gasteiger partial charge in [0.1, 0.15) is 11.4 Å². The quantitative estimate of drug-likeness (QED) is 0.753. The molecule has 21 heavy (non-hydrogen) atoms. The van der Waals surface area contributed by atoms with Gasteiger partial charge in [0.2, 0.25) is 0 Å². The van der Waals surface area contributed by atoms with Crippen molar-refractivity contribution in [2.45, 2.75) is 19.5 Å². The highest BCUT2D eigenvalue weighted by Gasteiger charge is 2.08. The number of pyridine rings is 1. The Kier molecular flexibility index (Phi) is 3.88. The molecule has 0 bridgehead atoms. The average Bonchev–Trinajstić information content (AvgIpc) is 2.96. The zero-order chi connectivity index (χ0) is 14.7. The second-order valence-electron chi connectivity index (χ2n) is 5.09. The summed E-state index contributed by atoms with van der Waals surface area (Å²) in [7, 11) is 1.68. The second-order valence-corrected chi connectivity index (χ2v) is 5.09. The number of ether oxygens (including phenoxy) is 1. The highest BCUT2D eigenvalue weighted by atomic mass is 16.5. The number of methoxy groups -OCH3 is 1. The molecule has 0 aliphatic carbocycles. The lowest BCUT2D eigenvalue weighted by atomic mass is 10.1. The maximum Gasteiger partial charge on any atom is 0.137 e. The molecule has 1 atom stereocenters. The molecule has 0 unspecified atom stereocenters. The lowest BCUT2D eigenvalue weighted by Gasteiger charge is -2.14. The molecule has 4 heteroatoms. The fourth-order valence-corrected chi connectivity index (χ4v) is 2.43. The van der Waals surface area contributed by atoms with Crippen molar-refractivity contribution in [3.05, 3.63) is 59.9 Å². The molecule has 3 aromatic rings. The SMILES string of the molecule is COc1ccc([C@H](C)NCc2c[nH]c3ncccc23)cc1. The molecule has 0 fully saturated rings. The predicted octanol–water partition coefficient (Wildman–Crippen LogP) is 3.42. The number of rotatable bonds is 5. The molecule has 108 valence electrons. The van der Waals surface area contributed by atoms with E-state index >= 15 is 0 Å². The molecular formula is C17H19N3O. The van der Waals surface area contributed by atoms with E-state index in [2.05, 4.69) is 40.4 Å². The minimum atomic E-state index is 0.275. The summed E-state index contributed by atoms with van der Waals surface area (Å²) in [6, 6.07) is 12.5. The van der Waals surface area contributed by atoms with Gasteiger partial charge in [-0.3, -0.25) is 0 Å². The third-order valence-corrected chi connectivity index (χ3v) is 3.75. The lowest BCUT2D eigenvalue weighted by Crippen LogP contribution is -2.17. The fourth-order valence-electron chi connectivity index (χ4n) is 2.43. The summed E-state index contributed by atoms with van der Waals surface area (Å²) in [5, 5.41) is 4.72. The molecule has 2 aromatic heterocycles. The molecule has 0 aliphatic heterocycles. The van der Waals surface area contributed by atoms with Gasteiger partial charge in [-0.05, 0) is 42.3 Å². The van der Waals surface area contributed by atoms with Crippen LogP contribution in [0.25, 0.3) is 11.0 Å².